The number of carbonyl (C=O) groups excluding carboxylic acids is 1. The standard InChI is InChI=1S/C20H37NO/c1-15(2)18-10-13-21(14-11-18)12-9-17-5-7-19(8-6-17)20(22)16(3)4/h15-19H,5-14H2,1-4H3. The predicted octanol–water partition coefficient (Wildman–Crippen LogP) is 4.78. The Kier molecular flexibility index (Phi) is 6.92. The van der Waals surface area contributed by atoms with Crippen LogP contribution in [-0.4, -0.2) is 30.3 Å². The first-order valence-corrected chi connectivity index (χ1v) is 9.73. The minimum atomic E-state index is 0.226. The Bertz CT molecular complexity index is 334. The monoisotopic (exact) mass is 307 g/mol. The molecule has 1 heterocycles. The van der Waals surface area contributed by atoms with Crippen molar-refractivity contribution in [2.45, 2.75) is 72.6 Å². The Balaban J connectivity index is 1.62. The maximum atomic E-state index is 12.1. The van der Waals surface area contributed by atoms with Gasteiger partial charge < -0.3 is 4.90 Å². The van der Waals surface area contributed by atoms with E-state index in [1.807, 2.05) is 0 Å². The second kappa shape index (κ2) is 8.47. The summed E-state index contributed by atoms with van der Waals surface area (Å²) in [6, 6.07) is 0. The van der Waals surface area contributed by atoms with Crippen molar-refractivity contribution in [3.05, 3.63) is 0 Å². The Morgan fingerprint density at radius 1 is 0.955 bits per heavy atom. The lowest BCUT2D eigenvalue weighted by Gasteiger charge is -2.35. The van der Waals surface area contributed by atoms with Crippen molar-refractivity contribution in [2.24, 2.45) is 29.6 Å². The first-order chi connectivity index (χ1) is 10.5. The minimum absolute atomic E-state index is 0.226. The van der Waals surface area contributed by atoms with Crippen molar-refractivity contribution in [3.63, 3.8) is 0 Å². The van der Waals surface area contributed by atoms with Crippen molar-refractivity contribution in [3.8, 4) is 0 Å². The second-order valence-corrected chi connectivity index (χ2v) is 8.49. The average Bonchev–Trinajstić information content (AvgIpc) is 2.53. The molecule has 0 atom stereocenters. The molecule has 2 nitrogen and oxygen atoms in total. The second-order valence-electron chi connectivity index (χ2n) is 8.49. The van der Waals surface area contributed by atoms with E-state index in [0.717, 1.165) is 30.6 Å². The Morgan fingerprint density at radius 2 is 1.55 bits per heavy atom. The topological polar surface area (TPSA) is 20.3 Å². The smallest absolute Gasteiger partial charge is 0.138 e. The van der Waals surface area contributed by atoms with E-state index in [2.05, 4.69) is 32.6 Å². The molecule has 2 rings (SSSR count). The van der Waals surface area contributed by atoms with Crippen molar-refractivity contribution in [1.29, 1.82) is 0 Å². The maximum Gasteiger partial charge on any atom is 0.138 e. The molecule has 0 bridgehead atoms. The zero-order valence-electron chi connectivity index (χ0n) is 15.3. The molecule has 2 fully saturated rings. The number of rotatable bonds is 6. The van der Waals surface area contributed by atoms with Crippen molar-refractivity contribution >= 4 is 5.78 Å². The lowest BCUT2D eigenvalue weighted by Crippen LogP contribution is -2.36. The van der Waals surface area contributed by atoms with Gasteiger partial charge in [0.15, 0.2) is 0 Å². The van der Waals surface area contributed by atoms with E-state index in [1.165, 1.54) is 51.7 Å². The lowest BCUT2D eigenvalue weighted by molar-refractivity contribution is -0.127. The van der Waals surface area contributed by atoms with Crippen LogP contribution in [-0.2, 0) is 4.79 Å². The van der Waals surface area contributed by atoms with E-state index in [0.29, 0.717) is 11.7 Å². The molecule has 0 spiro atoms. The first kappa shape index (κ1) is 18.0. The van der Waals surface area contributed by atoms with Gasteiger partial charge in [0.05, 0.1) is 0 Å². The van der Waals surface area contributed by atoms with Gasteiger partial charge in [0.1, 0.15) is 5.78 Å². The molecule has 1 saturated heterocycles. The number of hydrogen-bond acceptors (Lipinski definition) is 2. The normalized spacial score (nSPS) is 28.5. The van der Waals surface area contributed by atoms with Gasteiger partial charge in [-0.3, -0.25) is 4.79 Å². The summed E-state index contributed by atoms with van der Waals surface area (Å²) in [4.78, 5) is 14.8. The summed E-state index contributed by atoms with van der Waals surface area (Å²) >= 11 is 0. The molecule has 0 N–H and O–H groups in total. The van der Waals surface area contributed by atoms with E-state index >= 15 is 0 Å². The van der Waals surface area contributed by atoms with Crippen LogP contribution in [0.5, 0.6) is 0 Å². The summed E-state index contributed by atoms with van der Waals surface area (Å²) in [6.07, 6.45) is 9.01. The van der Waals surface area contributed by atoms with Crippen LogP contribution in [0.4, 0.5) is 0 Å². The number of ketones is 1. The van der Waals surface area contributed by atoms with E-state index < -0.39 is 0 Å². The molecule has 0 aromatic carbocycles. The third kappa shape index (κ3) is 5.08. The number of Topliss-reactive ketones (excluding diaryl/α,β-unsaturated/α-hetero) is 1. The van der Waals surface area contributed by atoms with Gasteiger partial charge in [0.25, 0.3) is 0 Å². The molecule has 0 amide bonds. The number of carbonyl (C=O) groups is 1. The lowest BCUT2D eigenvalue weighted by atomic mass is 9.76. The number of likely N-dealkylation sites (tertiary alicyclic amines) is 1. The minimum Gasteiger partial charge on any atom is -0.303 e. The van der Waals surface area contributed by atoms with Gasteiger partial charge in [-0.05, 0) is 82.3 Å². The summed E-state index contributed by atoms with van der Waals surface area (Å²) in [7, 11) is 0. The van der Waals surface area contributed by atoms with Crippen LogP contribution in [0, 0.1) is 29.6 Å². The zero-order chi connectivity index (χ0) is 16.1. The molecular weight excluding hydrogens is 270 g/mol. The highest BCUT2D eigenvalue weighted by molar-refractivity contribution is 5.82. The molecule has 128 valence electrons. The average molecular weight is 308 g/mol. The summed E-state index contributed by atoms with van der Waals surface area (Å²) in [5, 5.41) is 0. The third-order valence-corrected chi connectivity index (χ3v) is 6.25. The molecule has 22 heavy (non-hydrogen) atoms. The van der Waals surface area contributed by atoms with Crippen LogP contribution in [0.15, 0.2) is 0 Å². The van der Waals surface area contributed by atoms with E-state index in [4.69, 9.17) is 0 Å². The summed E-state index contributed by atoms with van der Waals surface area (Å²) in [6.45, 7) is 12.8. The van der Waals surface area contributed by atoms with Gasteiger partial charge in [-0.25, -0.2) is 0 Å². The van der Waals surface area contributed by atoms with Crippen LogP contribution in [0.25, 0.3) is 0 Å². The van der Waals surface area contributed by atoms with Gasteiger partial charge in [-0.1, -0.05) is 27.7 Å². The predicted molar refractivity (Wildman–Crippen MR) is 93.9 cm³/mol. The fourth-order valence-corrected chi connectivity index (χ4v) is 4.42. The quantitative estimate of drug-likeness (QED) is 0.704. The Labute approximate surface area is 138 Å². The molecule has 2 heteroatoms. The molecule has 0 aromatic heterocycles. The molecule has 1 aliphatic carbocycles. The highest BCUT2D eigenvalue weighted by atomic mass is 16.1. The van der Waals surface area contributed by atoms with Crippen molar-refractivity contribution in [2.75, 3.05) is 19.6 Å². The van der Waals surface area contributed by atoms with Gasteiger partial charge >= 0.3 is 0 Å². The van der Waals surface area contributed by atoms with Gasteiger partial charge in [0, 0.05) is 11.8 Å². The van der Waals surface area contributed by atoms with Gasteiger partial charge in [-0.15, -0.1) is 0 Å². The maximum absolute atomic E-state index is 12.1. The fourth-order valence-electron chi connectivity index (χ4n) is 4.42. The van der Waals surface area contributed by atoms with Crippen LogP contribution >= 0.6 is 0 Å². The largest absolute Gasteiger partial charge is 0.303 e. The Morgan fingerprint density at radius 3 is 2.05 bits per heavy atom. The number of piperidine rings is 1. The van der Waals surface area contributed by atoms with Crippen LogP contribution in [0.3, 0.4) is 0 Å². The van der Waals surface area contributed by atoms with Crippen LogP contribution < -0.4 is 0 Å². The molecule has 1 aliphatic heterocycles. The Hall–Kier alpha value is -0.370. The molecule has 0 unspecified atom stereocenters. The van der Waals surface area contributed by atoms with E-state index in [9.17, 15) is 4.79 Å². The highest BCUT2D eigenvalue weighted by Crippen LogP contribution is 2.33. The molecule has 1 saturated carbocycles. The molecule has 0 aromatic rings. The van der Waals surface area contributed by atoms with E-state index in [-0.39, 0.29) is 5.92 Å². The first-order valence-electron chi connectivity index (χ1n) is 9.73. The van der Waals surface area contributed by atoms with Crippen LogP contribution in [0.1, 0.15) is 72.6 Å². The number of hydrogen-bond donors (Lipinski definition) is 0. The van der Waals surface area contributed by atoms with E-state index in [1.54, 1.807) is 0 Å². The summed E-state index contributed by atoms with van der Waals surface area (Å²) < 4.78 is 0. The third-order valence-electron chi connectivity index (χ3n) is 6.25. The highest BCUT2D eigenvalue weighted by Gasteiger charge is 2.28. The van der Waals surface area contributed by atoms with Crippen molar-refractivity contribution < 1.29 is 4.79 Å². The summed E-state index contributed by atoms with van der Waals surface area (Å²) in [5.41, 5.74) is 0. The SMILES string of the molecule is CC(C)C(=O)C1CCC(CCN2CCC(C(C)C)CC2)CC1. The summed E-state index contributed by atoms with van der Waals surface area (Å²) in [5.74, 6) is 3.79. The molecule has 2 aliphatic rings. The molecular formula is C20H37NO. The van der Waals surface area contributed by atoms with Crippen molar-refractivity contribution in [1.82, 2.24) is 4.90 Å². The van der Waals surface area contributed by atoms with Crippen LogP contribution in [0.2, 0.25) is 0 Å². The zero-order valence-corrected chi connectivity index (χ0v) is 15.3. The van der Waals surface area contributed by atoms with Gasteiger partial charge in [0.2, 0.25) is 0 Å². The van der Waals surface area contributed by atoms with Gasteiger partial charge in [-0.2, -0.15) is 0 Å². The molecule has 0 radical (unpaired) electrons. The number of nitrogens with zero attached hydrogens (tertiary/aromatic N) is 1. The fraction of sp³-hybridized carbons (Fsp3) is 0.950.